The Morgan fingerprint density at radius 2 is 0.651 bits per heavy atom. The topological polar surface area (TPSA) is 6.48 Å². The van der Waals surface area contributed by atoms with Crippen LogP contribution in [0.5, 0.6) is 0 Å². The summed E-state index contributed by atoms with van der Waals surface area (Å²) in [6.45, 7) is 7.76. The van der Waals surface area contributed by atoms with E-state index in [4.69, 9.17) is 0 Å². The van der Waals surface area contributed by atoms with Gasteiger partial charge in [-0.05, 0) is 144 Å². The molecule has 0 heterocycles. The normalized spacial score (nSPS) is 45.6. The van der Waals surface area contributed by atoms with Gasteiger partial charge in [0, 0.05) is 36.3 Å². The summed E-state index contributed by atoms with van der Waals surface area (Å²) in [6.07, 6.45) is 38.0. The van der Waals surface area contributed by atoms with Gasteiger partial charge in [-0.25, -0.2) is 0 Å². The molecule has 0 aliphatic heterocycles. The molecule has 7 aliphatic rings. The summed E-state index contributed by atoms with van der Waals surface area (Å²) >= 11 is 0. The first-order valence-electron chi connectivity index (χ1n) is 20.6. The van der Waals surface area contributed by atoms with E-state index in [9.17, 15) is 0 Å². The van der Waals surface area contributed by atoms with Crippen molar-refractivity contribution in [3.05, 3.63) is 0 Å². The van der Waals surface area contributed by atoms with Crippen LogP contribution in [0.2, 0.25) is 0 Å². The number of hydrogen-bond acceptors (Lipinski definition) is 2. The van der Waals surface area contributed by atoms with Gasteiger partial charge in [-0.2, -0.15) is 0 Å². The Hall–Kier alpha value is -0.0800. The lowest BCUT2D eigenvalue weighted by atomic mass is 9.52. The van der Waals surface area contributed by atoms with Crippen molar-refractivity contribution in [2.45, 2.75) is 218 Å². The van der Waals surface area contributed by atoms with Crippen LogP contribution in [0.4, 0.5) is 0 Å². The largest absolute Gasteiger partial charge is 0.294 e. The van der Waals surface area contributed by atoms with Crippen molar-refractivity contribution in [3.63, 3.8) is 0 Å². The predicted molar refractivity (Wildman–Crippen MR) is 183 cm³/mol. The molecule has 0 aromatic rings. The van der Waals surface area contributed by atoms with E-state index in [0.717, 1.165) is 77.7 Å². The average Bonchev–Trinajstić information content (AvgIpc) is 3.05. The zero-order valence-corrected chi connectivity index (χ0v) is 29.1. The second-order valence-corrected chi connectivity index (χ2v) is 18.1. The van der Waals surface area contributed by atoms with Crippen LogP contribution in [0.3, 0.4) is 0 Å². The van der Waals surface area contributed by atoms with E-state index < -0.39 is 0 Å². The van der Waals surface area contributed by atoms with Gasteiger partial charge in [0.05, 0.1) is 0 Å². The van der Waals surface area contributed by atoms with E-state index in [-0.39, 0.29) is 0 Å². The van der Waals surface area contributed by atoms with Gasteiger partial charge in [-0.3, -0.25) is 9.80 Å². The van der Waals surface area contributed by atoms with Gasteiger partial charge in [-0.1, -0.05) is 78.6 Å². The fourth-order valence-electron chi connectivity index (χ4n) is 13.2. The SMILES string of the molecule is CC1CCC(N(C2CCCCC2)C2C3CCCCC3C(N(C3CCCCC3)C3CCC(C)CC3)C3CC(C)CCC32)CC1. The molecule has 7 rings (SSSR count). The molecule has 7 fully saturated rings. The fraction of sp³-hybridized carbons (Fsp3) is 1.00. The molecule has 0 N–H and O–H groups in total. The maximum atomic E-state index is 3.42. The minimum absolute atomic E-state index is 0.899. The van der Waals surface area contributed by atoms with Crippen molar-refractivity contribution < 1.29 is 0 Å². The van der Waals surface area contributed by atoms with Gasteiger partial charge in [-0.15, -0.1) is 0 Å². The van der Waals surface area contributed by atoms with E-state index in [0.29, 0.717) is 0 Å². The third-order valence-corrected chi connectivity index (χ3v) is 15.3. The minimum Gasteiger partial charge on any atom is -0.294 e. The lowest BCUT2D eigenvalue weighted by molar-refractivity contribution is -0.152. The highest BCUT2D eigenvalue weighted by molar-refractivity contribution is 5.10. The van der Waals surface area contributed by atoms with Crippen molar-refractivity contribution in [2.24, 2.45) is 41.4 Å². The van der Waals surface area contributed by atoms with Crippen LogP contribution in [0.15, 0.2) is 0 Å². The molecule has 0 radical (unpaired) electrons. The molecular formula is C41H72N2. The quantitative estimate of drug-likeness (QED) is 0.303. The standard InChI is InChI=1S/C41H72N2/c1-29-18-23-34(24-19-29)42(32-12-6-4-7-13-32)40-36-16-10-11-17-37(36)41(39-28-31(3)22-27-38(39)40)43(33-14-8-5-9-15-33)35-25-20-30(2)21-26-35/h29-41H,4-28H2,1-3H3. The van der Waals surface area contributed by atoms with Crippen LogP contribution >= 0.6 is 0 Å². The smallest absolute Gasteiger partial charge is 0.0164 e. The van der Waals surface area contributed by atoms with E-state index in [1.807, 2.05) is 0 Å². The van der Waals surface area contributed by atoms with Crippen LogP contribution in [0, 0.1) is 41.4 Å². The van der Waals surface area contributed by atoms with Crippen molar-refractivity contribution in [1.29, 1.82) is 0 Å². The number of hydrogen-bond donors (Lipinski definition) is 0. The maximum absolute atomic E-state index is 3.42. The molecule has 7 atom stereocenters. The highest BCUT2D eigenvalue weighted by Gasteiger charge is 2.58. The minimum atomic E-state index is 0.899. The Balaban J connectivity index is 1.27. The molecule has 7 aliphatic carbocycles. The molecule has 0 bridgehead atoms. The third kappa shape index (κ3) is 6.69. The summed E-state index contributed by atoms with van der Waals surface area (Å²) in [5.74, 6) is 6.81. The van der Waals surface area contributed by atoms with Gasteiger partial charge in [0.1, 0.15) is 0 Å². The first-order chi connectivity index (χ1) is 21.1. The summed E-state index contributed by atoms with van der Waals surface area (Å²) in [5.41, 5.74) is 0. The van der Waals surface area contributed by atoms with Gasteiger partial charge in [0.2, 0.25) is 0 Å². The molecule has 0 aromatic heterocycles. The van der Waals surface area contributed by atoms with Gasteiger partial charge >= 0.3 is 0 Å². The lowest BCUT2D eigenvalue weighted by Gasteiger charge is -2.65. The predicted octanol–water partition coefficient (Wildman–Crippen LogP) is 11.0. The van der Waals surface area contributed by atoms with E-state index in [1.165, 1.54) is 135 Å². The molecule has 7 saturated carbocycles. The summed E-state index contributed by atoms with van der Waals surface area (Å²) in [5, 5.41) is 0. The number of fused-ring (bicyclic) bond motifs is 2. The molecule has 0 aromatic carbocycles. The highest BCUT2D eigenvalue weighted by Crippen LogP contribution is 2.57. The van der Waals surface area contributed by atoms with E-state index in [1.54, 1.807) is 25.7 Å². The van der Waals surface area contributed by atoms with Crippen molar-refractivity contribution >= 4 is 0 Å². The van der Waals surface area contributed by atoms with Crippen molar-refractivity contribution in [2.75, 3.05) is 0 Å². The second-order valence-electron chi connectivity index (χ2n) is 18.1. The van der Waals surface area contributed by atoms with Gasteiger partial charge in [0.25, 0.3) is 0 Å². The average molecular weight is 593 g/mol. The highest BCUT2D eigenvalue weighted by atomic mass is 15.3. The van der Waals surface area contributed by atoms with Crippen molar-refractivity contribution in [3.8, 4) is 0 Å². The molecule has 43 heavy (non-hydrogen) atoms. The summed E-state index contributed by atoms with van der Waals surface area (Å²) in [7, 11) is 0. The molecule has 0 spiro atoms. The Morgan fingerprint density at radius 3 is 1.12 bits per heavy atom. The van der Waals surface area contributed by atoms with Crippen LogP contribution in [0.1, 0.15) is 181 Å². The number of rotatable bonds is 6. The van der Waals surface area contributed by atoms with E-state index in [2.05, 4.69) is 30.6 Å². The molecule has 7 unspecified atom stereocenters. The first kappa shape index (κ1) is 31.5. The fourth-order valence-corrected chi connectivity index (χ4v) is 13.2. The molecule has 0 amide bonds. The summed E-state index contributed by atoms with van der Waals surface area (Å²) in [4.78, 5) is 6.85. The molecule has 246 valence electrons. The molecule has 0 saturated heterocycles. The monoisotopic (exact) mass is 593 g/mol. The van der Waals surface area contributed by atoms with Gasteiger partial charge in [0.15, 0.2) is 0 Å². The van der Waals surface area contributed by atoms with Crippen LogP contribution in [0.25, 0.3) is 0 Å². The summed E-state index contributed by atoms with van der Waals surface area (Å²) < 4.78 is 0. The molecule has 2 nitrogen and oxygen atoms in total. The van der Waals surface area contributed by atoms with E-state index >= 15 is 0 Å². The third-order valence-electron chi connectivity index (χ3n) is 15.3. The zero-order chi connectivity index (χ0) is 29.3. The van der Waals surface area contributed by atoms with Crippen LogP contribution in [-0.2, 0) is 0 Å². The Kier molecular flexibility index (Phi) is 10.5. The Bertz CT molecular complexity index is 842. The number of nitrogens with zero attached hydrogens (tertiary/aromatic N) is 2. The Labute approximate surface area is 268 Å². The Morgan fingerprint density at radius 1 is 0.302 bits per heavy atom. The van der Waals surface area contributed by atoms with Crippen LogP contribution in [-0.4, -0.2) is 46.1 Å². The van der Waals surface area contributed by atoms with Crippen molar-refractivity contribution in [1.82, 2.24) is 9.80 Å². The maximum Gasteiger partial charge on any atom is 0.0164 e. The lowest BCUT2D eigenvalue weighted by Crippen LogP contribution is -2.69. The zero-order valence-electron chi connectivity index (χ0n) is 29.1. The second kappa shape index (κ2) is 14.4. The molecular weight excluding hydrogens is 520 g/mol. The molecule has 2 heteroatoms. The summed E-state index contributed by atoms with van der Waals surface area (Å²) in [6, 6.07) is 5.44. The van der Waals surface area contributed by atoms with Gasteiger partial charge < -0.3 is 0 Å². The van der Waals surface area contributed by atoms with Crippen LogP contribution < -0.4 is 0 Å². The first-order valence-corrected chi connectivity index (χ1v) is 20.6.